The number of hydrogen-bond acceptors (Lipinski definition) is 4. The minimum absolute atomic E-state index is 0.0824. The van der Waals surface area contributed by atoms with Crippen LogP contribution >= 0.6 is 15.9 Å². The van der Waals surface area contributed by atoms with Gasteiger partial charge in [-0.1, -0.05) is 6.07 Å². The third kappa shape index (κ3) is 2.41. The average Bonchev–Trinajstić information content (AvgIpc) is 2.33. The number of hydrogen-bond donors (Lipinski definition) is 1. The fourth-order valence-corrected chi connectivity index (χ4v) is 1.68. The SMILES string of the molecule is N#Cc1c(F)cccc1Oc1ncc(Br)cc1N. The molecule has 6 heteroatoms. The van der Waals surface area contributed by atoms with Gasteiger partial charge in [0.1, 0.15) is 23.2 Å². The highest BCUT2D eigenvalue weighted by Gasteiger charge is 2.12. The van der Waals surface area contributed by atoms with E-state index in [4.69, 9.17) is 15.7 Å². The van der Waals surface area contributed by atoms with Crippen LogP contribution in [0.15, 0.2) is 34.9 Å². The molecule has 0 amide bonds. The Hall–Kier alpha value is -2.13. The molecule has 1 heterocycles. The Morgan fingerprint density at radius 2 is 2.22 bits per heavy atom. The monoisotopic (exact) mass is 307 g/mol. The summed E-state index contributed by atoms with van der Waals surface area (Å²) in [6.07, 6.45) is 1.50. The number of nitrogen functional groups attached to an aromatic ring is 1. The van der Waals surface area contributed by atoms with Gasteiger partial charge in [-0.15, -0.1) is 0 Å². The van der Waals surface area contributed by atoms with Gasteiger partial charge in [0.2, 0.25) is 5.88 Å². The van der Waals surface area contributed by atoms with Crippen LogP contribution in [0.4, 0.5) is 10.1 Å². The van der Waals surface area contributed by atoms with Gasteiger partial charge in [-0.2, -0.15) is 5.26 Å². The van der Waals surface area contributed by atoms with E-state index in [1.807, 2.05) is 0 Å². The van der Waals surface area contributed by atoms with E-state index in [2.05, 4.69) is 20.9 Å². The molecule has 90 valence electrons. The van der Waals surface area contributed by atoms with Crippen molar-refractivity contribution in [2.75, 3.05) is 5.73 Å². The molecule has 0 fully saturated rings. The van der Waals surface area contributed by atoms with Crippen molar-refractivity contribution in [2.45, 2.75) is 0 Å². The predicted octanol–water partition coefficient (Wildman–Crippen LogP) is 3.23. The van der Waals surface area contributed by atoms with E-state index in [-0.39, 0.29) is 22.9 Å². The number of nitrogens with zero attached hydrogens (tertiary/aromatic N) is 2. The van der Waals surface area contributed by atoms with Crippen LogP contribution in [0.1, 0.15) is 5.56 Å². The molecule has 0 saturated heterocycles. The van der Waals surface area contributed by atoms with Gasteiger partial charge in [-0.3, -0.25) is 0 Å². The first-order chi connectivity index (χ1) is 8.61. The van der Waals surface area contributed by atoms with Gasteiger partial charge in [0.05, 0.1) is 5.69 Å². The maximum atomic E-state index is 13.4. The lowest BCUT2D eigenvalue weighted by molar-refractivity contribution is 0.458. The highest BCUT2D eigenvalue weighted by molar-refractivity contribution is 9.10. The molecule has 4 nitrogen and oxygen atoms in total. The second-order valence-electron chi connectivity index (χ2n) is 3.37. The summed E-state index contributed by atoms with van der Waals surface area (Å²) < 4.78 is 19.4. The second-order valence-corrected chi connectivity index (χ2v) is 4.29. The molecule has 2 rings (SSSR count). The Morgan fingerprint density at radius 3 is 2.89 bits per heavy atom. The molecular weight excluding hydrogens is 301 g/mol. The zero-order valence-electron chi connectivity index (χ0n) is 9.02. The first-order valence-corrected chi connectivity index (χ1v) is 5.68. The fraction of sp³-hybridized carbons (Fsp3) is 0. The molecule has 2 N–H and O–H groups in total. The van der Waals surface area contributed by atoms with E-state index in [9.17, 15) is 4.39 Å². The van der Waals surface area contributed by atoms with Crippen LogP contribution in [0.2, 0.25) is 0 Å². The van der Waals surface area contributed by atoms with Gasteiger partial charge in [0.25, 0.3) is 0 Å². The van der Waals surface area contributed by atoms with E-state index in [0.29, 0.717) is 4.47 Å². The molecule has 2 aromatic rings. The van der Waals surface area contributed by atoms with Crippen molar-refractivity contribution in [1.29, 1.82) is 5.26 Å². The fourth-order valence-electron chi connectivity index (χ4n) is 1.33. The van der Waals surface area contributed by atoms with Crippen LogP contribution < -0.4 is 10.5 Å². The highest BCUT2D eigenvalue weighted by atomic mass is 79.9. The summed E-state index contributed by atoms with van der Waals surface area (Å²) in [5, 5.41) is 8.86. The van der Waals surface area contributed by atoms with E-state index in [1.54, 1.807) is 12.1 Å². The molecule has 0 aliphatic rings. The number of nitrogens with two attached hydrogens (primary N) is 1. The van der Waals surface area contributed by atoms with Crippen molar-refractivity contribution < 1.29 is 9.13 Å². The number of ether oxygens (including phenoxy) is 1. The minimum Gasteiger partial charge on any atom is -0.436 e. The summed E-state index contributed by atoms with van der Waals surface area (Å²) in [6.45, 7) is 0. The summed E-state index contributed by atoms with van der Waals surface area (Å²) in [5.74, 6) is -0.440. The summed E-state index contributed by atoms with van der Waals surface area (Å²) in [6, 6.07) is 7.45. The first-order valence-electron chi connectivity index (χ1n) is 4.89. The van der Waals surface area contributed by atoms with Crippen molar-refractivity contribution in [3.8, 4) is 17.7 Å². The summed E-state index contributed by atoms with van der Waals surface area (Å²) in [7, 11) is 0. The first kappa shape index (κ1) is 12.3. The lowest BCUT2D eigenvalue weighted by Crippen LogP contribution is -1.97. The Labute approximate surface area is 111 Å². The van der Waals surface area contributed by atoms with Crippen LogP contribution in [0, 0.1) is 17.1 Å². The van der Waals surface area contributed by atoms with Gasteiger partial charge in [-0.25, -0.2) is 9.37 Å². The summed E-state index contributed by atoms with van der Waals surface area (Å²) >= 11 is 3.21. The van der Waals surface area contributed by atoms with E-state index in [1.165, 1.54) is 24.4 Å². The smallest absolute Gasteiger partial charge is 0.242 e. The quantitative estimate of drug-likeness (QED) is 0.924. The van der Waals surface area contributed by atoms with E-state index < -0.39 is 5.82 Å². The molecule has 1 aromatic heterocycles. The van der Waals surface area contributed by atoms with Crippen LogP contribution in [0.25, 0.3) is 0 Å². The Balaban J connectivity index is 2.41. The van der Waals surface area contributed by atoms with E-state index in [0.717, 1.165) is 0 Å². The number of anilines is 1. The number of nitriles is 1. The molecule has 0 saturated carbocycles. The van der Waals surface area contributed by atoms with Gasteiger partial charge in [-0.05, 0) is 34.1 Å². The van der Waals surface area contributed by atoms with E-state index >= 15 is 0 Å². The van der Waals surface area contributed by atoms with Gasteiger partial charge < -0.3 is 10.5 Å². The third-order valence-corrected chi connectivity index (χ3v) is 2.57. The Morgan fingerprint density at radius 1 is 1.44 bits per heavy atom. The maximum absolute atomic E-state index is 13.4. The number of benzene rings is 1. The summed E-state index contributed by atoms with van der Waals surface area (Å²) in [5.41, 5.74) is 5.81. The number of halogens is 2. The predicted molar refractivity (Wildman–Crippen MR) is 67.5 cm³/mol. The van der Waals surface area contributed by atoms with Crippen molar-refractivity contribution in [1.82, 2.24) is 4.98 Å². The summed E-state index contributed by atoms with van der Waals surface area (Å²) in [4.78, 5) is 3.95. The number of aromatic nitrogens is 1. The molecule has 0 spiro atoms. The molecular formula is C12H7BrFN3O. The maximum Gasteiger partial charge on any atom is 0.242 e. The van der Waals surface area contributed by atoms with Crippen molar-refractivity contribution in [3.63, 3.8) is 0 Å². The van der Waals surface area contributed by atoms with Crippen LogP contribution in [0.5, 0.6) is 11.6 Å². The molecule has 1 aromatic carbocycles. The molecule has 0 aliphatic heterocycles. The molecule has 0 unspecified atom stereocenters. The molecule has 0 atom stereocenters. The number of rotatable bonds is 2. The molecule has 0 radical (unpaired) electrons. The molecule has 0 bridgehead atoms. The lowest BCUT2D eigenvalue weighted by atomic mass is 10.2. The standard InChI is InChI=1S/C12H7BrFN3O/c13-7-4-10(16)12(17-6-7)18-11-3-1-2-9(14)8(11)5-15/h1-4,6H,16H2. The Bertz CT molecular complexity index is 640. The zero-order valence-corrected chi connectivity index (χ0v) is 10.6. The lowest BCUT2D eigenvalue weighted by Gasteiger charge is -2.08. The third-order valence-electron chi connectivity index (χ3n) is 2.14. The Kier molecular flexibility index (Phi) is 3.44. The van der Waals surface area contributed by atoms with Crippen molar-refractivity contribution in [3.05, 3.63) is 46.3 Å². The largest absolute Gasteiger partial charge is 0.436 e. The van der Waals surface area contributed by atoms with Crippen LogP contribution in [-0.2, 0) is 0 Å². The number of pyridine rings is 1. The highest BCUT2D eigenvalue weighted by Crippen LogP contribution is 2.30. The van der Waals surface area contributed by atoms with Crippen LogP contribution in [-0.4, -0.2) is 4.98 Å². The second kappa shape index (κ2) is 5.02. The van der Waals surface area contributed by atoms with Gasteiger partial charge in [0, 0.05) is 10.7 Å². The molecule has 18 heavy (non-hydrogen) atoms. The van der Waals surface area contributed by atoms with Crippen molar-refractivity contribution in [2.24, 2.45) is 0 Å². The van der Waals surface area contributed by atoms with Gasteiger partial charge >= 0.3 is 0 Å². The van der Waals surface area contributed by atoms with Crippen molar-refractivity contribution >= 4 is 21.6 Å². The van der Waals surface area contributed by atoms with Gasteiger partial charge in [0.15, 0.2) is 0 Å². The normalized spacial score (nSPS) is 9.83. The minimum atomic E-state index is -0.648. The van der Waals surface area contributed by atoms with Crippen LogP contribution in [0.3, 0.4) is 0 Å². The zero-order chi connectivity index (χ0) is 13.1. The topological polar surface area (TPSA) is 71.9 Å². The molecule has 0 aliphatic carbocycles. The average molecular weight is 308 g/mol.